The lowest BCUT2D eigenvalue weighted by Gasteiger charge is -2.27. The number of imidazole rings is 1. The molecule has 3 aromatic carbocycles. The molecule has 1 amide bonds. The lowest BCUT2D eigenvalue weighted by Crippen LogP contribution is -2.31. The number of aromatic hydroxyl groups is 1. The number of nitrogens with zero attached hydrogens (tertiary/aromatic N) is 2. The fourth-order valence-corrected chi connectivity index (χ4v) is 3.79. The monoisotopic (exact) mass is 373 g/mol. The third-order valence-electron chi connectivity index (χ3n) is 5.11. The number of para-hydroxylation sites is 2. The van der Waals surface area contributed by atoms with Crippen LogP contribution in [0.2, 0.25) is 0 Å². The van der Waals surface area contributed by atoms with Crippen molar-refractivity contribution in [2.24, 2.45) is 0 Å². The van der Waals surface area contributed by atoms with Gasteiger partial charge in [0.1, 0.15) is 23.4 Å². The summed E-state index contributed by atoms with van der Waals surface area (Å²) in [5, 5.41) is 10.5. The number of amides is 1. The van der Waals surface area contributed by atoms with E-state index in [-0.39, 0.29) is 11.7 Å². The van der Waals surface area contributed by atoms with E-state index in [1.807, 2.05) is 42.5 Å². The molecule has 4 aromatic rings. The maximum atomic E-state index is 14.0. The van der Waals surface area contributed by atoms with E-state index in [0.29, 0.717) is 23.5 Å². The molecule has 1 atom stereocenters. The zero-order valence-corrected chi connectivity index (χ0v) is 14.8. The fourth-order valence-electron chi connectivity index (χ4n) is 3.79. The zero-order chi connectivity index (χ0) is 19.3. The standard InChI is InChI=1S/C22H16FN3O2/c23-14-9-10-19(27)16(11-14)20(21-24-17-7-3-4-8-18(17)25-21)26-12-13-5-1-2-6-15(13)22(26)28/h1-11,20,27H,12H2,(H,24,25). The summed E-state index contributed by atoms with van der Waals surface area (Å²) < 4.78 is 14.0. The van der Waals surface area contributed by atoms with E-state index in [1.54, 1.807) is 11.0 Å². The van der Waals surface area contributed by atoms with Crippen molar-refractivity contribution in [1.29, 1.82) is 0 Å². The van der Waals surface area contributed by atoms with Crippen LogP contribution in [-0.4, -0.2) is 25.9 Å². The van der Waals surface area contributed by atoms with Crippen molar-refractivity contribution in [3.05, 3.63) is 95.1 Å². The summed E-state index contributed by atoms with van der Waals surface area (Å²) in [7, 11) is 0. The van der Waals surface area contributed by atoms with E-state index < -0.39 is 11.9 Å². The Hall–Kier alpha value is -3.67. The Kier molecular flexibility index (Phi) is 3.65. The summed E-state index contributed by atoms with van der Waals surface area (Å²) in [6.07, 6.45) is 0. The third kappa shape index (κ3) is 2.53. The van der Waals surface area contributed by atoms with Gasteiger partial charge in [0.25, 0.3) is 5.91 Å². The van der Waals surface area contributed by atoms with Crippen LogP contribution in [0.5, 0.6) is 5.75 Å². The maximum absolute atomic E-state index is 14.0. The Morgan fingerprint density at radius 1 is 1.07 bits per heavy atom. The van der Waals surface area contributed by atoms with Crippen molar-refractivity contribution in [2.75, 3.05) is 0 Å². The van der Waals surface area contributed by atoms with E-state index in [0.717, 1.165) is 16.6 Å². The molecule has 1 aliphatic rings. The van der Waals surface area contributed by atoms with Gasteiger partial charge in [-0.25, -0.2) is 9.37 Å². The normalized spacial score (nSPS) is 14.5. The zero-order valence-electron chi connectivity index (χ0n) is 14.8. The van der Waals surface area contributed by atoms with Crippen molar-refractivity contribution in [3.8, 4) is 5.75 Å². The number of benzene rings is 3. The van der Waals surface area contributed by atoms with Gasteiger partial charge in [0.15, 0.2) is 0 Å². The number of aromatic nitrogens is 2. The second-order valence-corrected chi connectivity index (χ2v) is 6.84. The highest BCUT2D eigenvalue weighted by Gasteiger charge is 2.37. The highest BCUT2D eigenvalue weighted by molar-refractivity contribution is 5.98. The summed E-state index contributed by atoms with van der Waals surface area (Å²) in [6, 6.07) is 17.9. The molecule has 6 heteroatoms. The van der Waals surface area contributed by atoms with Gasteiger partial charge in [0.2, 0.25) is 0 Å². The molecule has 2 N–H and O–H groups in total. The molecule has 0 spiro atoms. The second kappa shape index (κ2) is 6.20. The van der Waals surface area contributed by atoms with Crippen molar-refractivity contribution in [1.82, 2.24) is 14.9 Å². The second-order valence-electron chi connectivity index (χ2n) is 6.84. The van der Waals surface area contributed by atoms with Gasteiger partial charge in [-0.1, -0.05) is 30.3 Å². The SMILES string of the molecule is O=C1c2ccccc2CN1C(c1nc2ccccc2[nH]1)c1cc(F)ccc1O. The number of carbonyl (C=O) groups is 1. The smallest absolute Gasteiger partial charge is 0.255 e. The molecule has 0 saturated heterocycles. The number of hydrogen-bond acceptors (Lipinski definition) is 3. The number of fused-ring (bicyclic) bond motifs is 2. The highest BCUT2D eigenvalue weighted by atomic mass is 19.1. The van der Waals surface area contributed by atoms with E-state index >= 15 is 0 Å². The first-order chi connectivity index (χ1) is 13.6. The van der Waals surface area contributed by atoms with Crippen LogP contribution in [0.3, 0.4) is 0 Å². The van der Waals surface area contributed by atoms with Gasteiger partial charge in [0, 0.05) is 17.7 Å². The Balaban J connectivity index is 1.69. The first-order valence-corrected chi connectivity index (χ1v) is 8.94. The number of hydrogen-bond donors (Lipinski definition) is 2. The van der Waals surface area contributed by atoms with Crippen LogP contribution in [0.1, 0.15) is 33.4 Å². The highest BCUT2D eigenvalue weighted by Crippen LogP contribution is 2.38. The molecule has 0 fully saturated rings. The Bertz CT molecular complexity index is 1180. The fraction of sp³-hybridized carbons (Fsp3) is 0.0909. The molecule has 5 nitrogen and oxygen atoms in total. The summed E-state index contributed by atoms with van der Waals surface area (Å²) in [5.74, 6) is -0.276. The maximum Gasteiger partial charge on any atom is 0.255 e. The van der Waals surface area contributed by atoms with E-state index in [9.17, 15) is 14.3 Å². The van der Waals surface area contributed by atoms with E-state index in [1.165, 1.54) is 18.2 Å². The Morgan fingerprint density at radius 3 is 2.68 bits per heavy atom. The van der Waals surface area contributed by atoms with Crippen molar-refractivity contribution in [2.45, 2.75) is 12.6 Å². The minimum atomic E-state index is -0.747. The molecule has 5 rings (SSSR count). The number of phenols is 1. The number of phenolic OH excluding ortho intramolecular Hbond substituents is 1. The molecule has 1 unspecified atom stereocenters. The topological polar surface area (TPSA) is 69.2 Å². The molecule has 0 aliphatic carbocycles. The van der Waals surface area contributed by atoms with Gasteiger partial charge >= 0.3 is 0 Å². The molecule has 28 heavy (non-hydrogen) atoms. The van der Waals surface area contributed by atoms with Gasteiger partial charge in [0.05, 0.1) is 11.0 Å². The van der Waals surface area contributed by atoms with E-state index in [4.69, 9.17) is 0 Å². The first kappa shape index (κ1) is 16.5. The van der Waals surface area contributed by atoms with Crippen LogP contribution in [0.4, 0.5) is 4.39 Å². The molecule has 1 aliphatic heterocycles. The Labute approximate surface area is 160 Å². The number of halogens is 1. The van der Waals surface area contributed by atoms with Crippen molar-refractivity contribution < 1.29 is 14.3 Å². The van der Waals surface area contributed by atoms with Crippen LogP contribution in [0, 0.1) is 5.82 Å². The Morgan fingerprint density at radius 2 is 1.86 bits per heavy atom. The summed E-state index contributed by atoms with van der Waals surface area (Å²) in [4.78, 5) is 22.6. The molecular weight excluding hydrogens is 357 g/mol. The molecule has 0 saturated carbocycles. The average Bonchev–Trinajstić information content (AvgIpc) is 3.27. The molecular formula is C22H16FN3O2. The minimum Gasteiger partial charge on any atom is -0.508 e. The molecule has 0 bridgehead atoms. The molecule has 2 heterocycles. The van der Waals surface area contributed by atoms with Gasteiger partial charge in [-0.3, -0.25) is 4.79 Å². The summed E-state index contributed by atoms with van der Waals surface area (Å²) in [5.41, 5.74) is 3.34. The number of nitrogens with one attached hydrogen (secondary N) is 1. The van der Waals surface area contributed by atoms with Gasteiger partial charge < -0.3 is 15.0 Å². The molecule has 0 radical (unpaired) electrons. The van der Waals surface area contributed by atoms with Crippen LogP contribution in [0.25, 0.3) is 11.0 Å². The molecule has 138 valence electrons. The number of aromatic amines is 1. The minimum absolute atomic E-state index is 0.0874. The lowest BCUT2D eigenvalue weighted by atomic mass is 10.0. The number of carbonyl (C=O) groups excluding carboxylic acids is 1. The number of rotatable bonds is 3. The van der Waals surface area contributed by atoms with Crippen LogP contribution >= 0.6 is 0 Å². The largest absolute Gasteiger partial charge is 0.508 e. The predicted octanol–water partition coefficient (Wildman–Crippen LogP) is 4.15. The predicted molar refractivity (Wildman–Crippen MR) is 102 cm³/mol. The first-order valence-electron chi connectivity index (χ1n) is 8.94. The van der Waals surface area contributed by atoms with Crippen molar-refractivity contribution in [3.63, 3.8) is 0 Å². The number of H-pyrrole nitrogens is 1. The average molecular weight is 373 g/mol. The summed E-state index contributed by atoms with van der Waals surface area (Å²) in [6.45, 7) is 0.354. The van der Waals surface area contributed by atoms with Gasteiger partial charge in [-0.2, -0.15) is 0 Å². The van der Waals surface area contributed by atoms with Crippen molar-refractivity contribution >= 4 is 16.9 Å². The van der Waals surface area contributed by atoms with Crippen LogP contribution in [-0.2, 0) is 6.54 Å². The third-order valence-corrected chi connectivity index (χ3v) is 5.11. The van der Waals surface area contributed by atoms with Crippen LogP contribution in [0.15, 0.2) is 66.7 Å². The van der Waals surface area contributed by atoms with E-state index in [2.05, 4.69) is 9.97 Å². The van der Waals surface area contributed by atoms with Gasteiger partial charge in [-0.15, -0.1) is 0 Å². The quantitative estimate of drug-likeness (QED) is 0.567. The summed E-state index contributed by atoms with van der Waals surface area (Å²) >= 11 is 0. The molecule has 1 aromatic heterocycles. The lowest BCUT2D eigenvalue weighted by molar-refractivity contribution is 0.0723. The van der Waals surface area contributed by atoms with Gasteiger partial charge in [-0.05, 0) is 42.0 Å². The van der Waals surface area contributed by atoms with Crippen LogP contribution < -0.4 is 0 Å².